The van der Waals surface area contributed by atoms with Crippen molar-refractivity contribution in [2.24, 2.45) is 0 Å². The highest BCUT2D eigenvalue weighted by Crippen LogP contribution is 2.53. The van der Waals surface area contributed by atoms with E-state index in [0.717, 1.165) is 25.9 Å². The van der Waals surface area contributed by atoms with Crippen molar-refractivity contribution < 1.29 is 9.09 Å². The minimum Gasteiger partial charge on any atom is -0.422 e. The second-order valence-electron chi connectivity index (χ2n) is 4.74. The van der Waals surface area contributed by atoms with E-state index in [1.54, 1.807) is 24.3 Å². The van der Waals surface area contributed by atoms with E-state index in [4.69, 9.17) is 16.1 Å². The Bertz CT molecular complexity index is 479. The molecule has 2 saturated heterocycles. The Balaban J connectivity index is 1.78. The second-order valence-corrected chi connectivity index (χ2v) is 7.23. The van der Waals surface area contributed by atoms with Crippen LogP contribution in [0.4, 0.5) is 0 Å². The molecular formula is C12H16ClN2O2P. The van der Waals surface area contributed by atoms with E-state index in [1.807, 2.05) is 4.67 Å². The molecule has 6 heteroatoms. The highest BCUT2D eigenvalue weighted by Gasteiger charge is 2.45. The molecule has 1 aromatic rings. The van der Waals surface area contributed by atoms with Gasteiger partial charge in [-0.15, -0.1) is 0 Å². The zero-order chi connectivity index (χ0) is 12.6. The maximum Gasteiger partial charge on any atom is 0.393 e. The quantitative estimate of drug-likeness (QED) is 0.847. The highest BCUT2D eigenvalue weighted by atomic mass is 35.5. The van der Waals surface area contributed by atoms with Gasteiger partial charge in [-0.2, -0.15) is 0 Å². The molecule has 0 spiro atoms. The summed E-state index contributed by atoms with van der Waals surface area (Å²) in [5.74, 6) is 0.599. The number of hydrogen-bond donors (Lipinski definition) is 1. The minimum absolute atomic E-state index is 0.358. The first-order valence-corrected chi connectivity index (χ1v) is 8.20. The molecule has 2 aliphatic rings. The van der Waals surface area contributed by atoms with Crippen molar-refractivity contribution in [3.63, 3.8) is 0 Å². The van der Waals surface area contributed by atoms with Gasteiger partial charge < -0.3 is 4.52 Å². The molecule has 2 heterocycles. The third-order valence-electron chi connectivity index (χ3n) is 3.50. The van der Waals surface area contributed by atoms with Gasteiger partial charge in [0.25, 0.3) is 0 Å². The molecule has 1 N–H and O–H groups in total. The van der Waals surface area contributed by atoms with Crippen molar-refractivity contribution >= 4 is 19.3 Å². The van der Waals surface area contributed by atoms with Crippen LogP contribution in [-0.4, -0.2) is 23.8 Å². The summed E-state index contributed by atoms with van der Waals surface area (Å²) in [7, 11) is -2.90. The lowest BCUT2D eigenvalue weighted by molar-refractivity contribution is 0.261. The topological polar surface area (TPSA) is 41.6 Å². The van der Waals surface area contributed by atoms with Crippen molar-refractivity contribution in [3.8, 4) is 5.75 Å². The van der Waals surface area contributed by atoms with Gasteiger partial charge in [0, 0.05) is 24.2 Å². The highest BCUT2D eigenvalue weighted by molar-refractivity contribution is 7.55. The van der Waals surface area contributed by atoms with Crippen LogP contribution in [0.15, 0.2) is 24.3 Å². The molecule has 4 nitrogen and oxygen atoms in total. The minimum atomic E-state index is -2.90. The third-order valence-corrected chi connectivity index (χ3v) is 6.00. The van der Waals surface area contributed by atoms with Gasteiger partial charge in [0.2, 0.25) is 0 Å². The van der Waals surface area contributed by atoms with Crippen molar-refractivity contribution in [2.45, 2.75) is 25.3 Å². The van der Waals surface area contributed by atoms with Crippen molar-refractivity contribution in [3.05, 3.63) is 29.3 Å². The van der Waals surface area contributed by atoms with Crippen LogP contribution in [0.25, 0.3) is 0 Å². The summed E-state index contributed by atoms with van der Waals surface area (Å²) in [5.41, 5.74) is 0. The fourth-order valence-corrected chi connectivity index (χ4v) is 4.93. The number of fused-ring (bicyclic) bond motifs is 1. The van der Waals surface area contributed by atoms with Crippen LogP contribution in [0, 0.1) is 0 Å². The van der Waals surface area contributed by atoms with E-state index in [9.17, 15) is 4.57 Å². The SMILES string of the molecule is O=P1(Oc2ccc(Cl)cc2)NCC2CCCCN21. The van der Waals surface area contributed by atoms with Crippen molar-refractivity contribution in [1.29, 1.82) is 0 Å². The lowest BCUT2D eigenvalue weighted by atomic mass is 10.1. The van der Waals surface area contributed by atoms with E-state index >= 15 is 0 Å². The molecule has 2 unspecified atom stereocenters. The number of nitrogens with one attached hydrogen (secondary N) is 1. The van der Waals surface area contributed by atoms with Gasteiger partial charge in [0.15, 0.2) is 0 Å². The largest absolute Gasteiger partial charge is 0.422 e. The second kappa shape index (κ2) is 4.86. The molecule has 2 fully saturated rings. The molecule has 98 valence electrons. The zero-order valence-electron chi connectivity index (χ0n) is 10.0. The average Bonchev–Trinajstić information content (AvgIpc) is 2.71. The van der Waals surface area contributed by atoms with Gasteiger partial charge in [-0.1, -0.05) is 18.0 Å². The molecule has 0 saturated carbocycles. The predicted octanol–water partition coefficient (Wildman–Crippen LogP) is 3.28. The van der Waals surface area contributed by atoms with Crippen LogP contribution in [0.1, 0.15) is 19.3 Å². The Labute approximate surface area is 112 Å². The van der Waals surface area contributed by atoms with Gasteiger partial charge in [0.05, 0.1) is 0 Å². The molecule has 2 atom stereocenters. The van der Waals surface area contributed by atoms with Crippen molar-refractivity contribution in [2.75, 3.05) is 13.1 Å². The lowest BCUT2D eigenvalue weighted by Gasteiger charge is -2.31. The summed E-state index contributed by atoms with van der Waals surface area (Å²) in [5, 5.41) is 3.71. The number of halogens is 1. The summed E-state index contributed by atoms with van der Waals surface area (Å²) in [6.07, 6.45) is 3.40. The van der Waals surface area contributed by atoms with E-state index in [2.05, 4.69) is 5.09 Å². The number of hydrogen-bond acceptors (Lipinski definition) is 2. The molecule has 3 rings (SSSR count). The van der Waals surface area contributed by atoms with Crippen LogP contribution in [-0.2, 0) is 4.57 Å². The third kappa shape index (κ3) is 2.30. The smallest absolute Gasteiger partial charge is 0.393 e. The first kappa shape index (κ1) is 12.5. The average molecular weight is 287 g/mol. The Morgan fingerprint density at radius 3 is 2.89 bits per heavy atom. The summed E-state index contributed by atoms with van der Waals surface area (Å²) < 4.78 is 20.5. The first-order chi connectivity index (χ1) is 8.67. The Kier molecular flexibility index (Phi) is 3.37. The van der Waals surface area contributed by atoms with Crippen molar-refractivity contribution in [1.82, 2.24) is 9.76 Å². The molecule has 0 aliphatic carbocycles. The maximum absolute atomic E-state index is 12.8. The normalized spacial score (nSPS) is 32.2. The molecular weight excluding hydrogens is 271 g/mol. The standard InChI is InChI=1S/C12H16ClN2O2P/c13-10-4-6-12(7-5-10)17-18(16)14-9-11-3-1-2-8-15(11)18/h4-7,11H,1-3,8-9H2,(H,14,16). The molecule has 2 aliphatic heterocycles. The van der Waals surface area contributed by atoms with E-state index in [1.165, 1.54) is 6.42 Å². The van der Waals surface area contributed by atoms with Gasteiger partial charge in [-0.05, 0) is 37.1 Å². The van der Waals surface area contributed by atoms with Gasteiger partial charge in [-0.3, -0.25) is 0 Å². The van der Waals surface area contributed by atoms with E-state index in [-0.39, 0.29) is 0 Å². The van der Waals surface area contributed by atoms with Crippen LogP contribution < -0.4 is 9.61 Å². The van der Waals surface area contributed by atoms with Crippen LogP contribution >= 0.6 is 19.3 Å². The molecule has 0 aromatic heterocycles. The summed E-state index contributed by atoms with van der Waals surface area (Å²) in [6, 6.07) is 7.35. The molecule has 1 aromatic carbocycles. The van der Waals surface area contributed by atoms with Crippen LogP contribution in [0.5, 0.6) is 5.75 Å². The predicted molar refractivity (Wildman–Crippen MR) is 72.0 cm³/mol. The van der Waals surface area contributed by atoms with Crippen LogP contribution in [0.2, 0.25) is 5.02 Å². The summed E-state index contributed by atoms with van der Waals surface area (Å²) >= 11 is 5.82. The lowest BCUT2D eigenvalue weighted by Crippen LogP contribution is -2.34. The monoisotopic (exact) mass is 286 g/mol. The van der Waals surface area contributed by atoms with Gasteiger partial charge in [-0.25, -0.2) is 14.3 Å². The number of piperidine rings is 1. The number of nitrogens with zero attached hydrogens (tertiary/aromatic N) is 1. The summed E-state index contributed by atoms with van der Waals surface area (Å²) in [4.78, 5) is 0. The van der Waals surface area contributed by atoms with E-state index in [0.29, 0.717) is 16.8 Å². The van der Waals surface area contributed by atoms with Gasteiger partial charge in [0.1, 0.15) is 5.75 Å². The molecule has 18 heavy (non-hydrogen) atoms. The Hall–Kier alpha value is -0.540. The zero-order valence-corrected chi connectivity index (χ0v) is 11.7. The van der Waals surface area contributed by atoms with Crippen LogP contribution in [0.3, 0.4) is 0 Å². The Morgan fingerprint density at radius 2 is 2.11 bits per heavy atom. The van der Waals surface area contributed by atoms with Gasteiger partial charge >= 0.3 is 7.67 Å². The molecule has 0 bridgehead atoms. The molecule has 0 radical (unpaired) electrons. The fourth-order valence-electron chi connectivity index (χ4n) is 2.57. The number of rotatable bonds is 2. The maximum atomic E-state index is 12.8. The van der Waals surface area contributed by atoms with E-state index < -0.39 is 7.67 Å². The number of benzene rings is 1. The Morgan fingerprint density at radius 1 is 1.33 bits per heavy atom. The summed E-state index contributed by atoms with van der Waals surface area (Å²) in [6.45, 7) is 1.60. The molecule has 0 amide bonds. The first-order valence-electron chi connectivity index (χ1n) is 6.25. The fraction of sp³-hybridized carbons (Fsp3) is 0.500.